The molecule has 0 heterocycles. The molecule has 0 bridgehead atoms. The number of ether oxygens (including phenoxy) is 4. The molecule has 0 rings (SSSR count). The van der Waals surface area contributed by atoms with E-state index in [0.717, 1.165) is 0 Å². The standard InChI is InChI=1S/C12H22O8/c1-7(13)12(16)10(5-18-8(2)14)20-11(17-4)6-19-9(3)15/h7,10-13,16H,5-6H2,1-4H3/t7?,10?,11-,12+/m1/s1. The van der Waals surface area contributed by atoms with Crippen molar-refractivity contribution in [2.75, 3.05) is 20.3 Å². The minimum absolute atomic E-state index is 0.186. The maximum atomic E-state index is 10.8. The van der Waals surface area contributed by atoms with Crippen LogP contribution in [-0.2, 0) is 28.5 Å². The third-order valence-corrected chi connectivity index (χ3v) is 2.34. The van der Waals surface area contributed by atoms with Crippen molar-refractivity contribution in [1.82, 2.24) is 0 Å². The van der Waals surface area contributed by atoms with Gasteiger partial charge in [0.15, 0.2) is 6.29 Å². The predicted octanol–water partition coefficient (Wildman–Crippen LogP) is -0.788. The molecule has 8 heteroatoms. The molecule has 118 valence electrons. The van der Waals surface area contributed by atoms with Gasteiger partial charge in [-0.2, -0.15) is 0 Å². The van der Waals surface area contributed by atoms with Crippen LogP contribution >= 0.6 is 0 Å². The normalized spacial score (nSPS) is 16.9. The summed E-state index contributed by atoms with van der Waals surface area (Å²) in [7, 11) is 1.33. The van der Waals surface area contributed by atoms with Crippen molar-refractivity contribution < 1.29 is 38.7 Å². The molecule has 0 aromatic carbocycles. The Balaban J connectivity index is 4.57. The lowest BCUT2D eigenvalue weighted by molar-refractivity contribution is -0.221. The zero-order valence-electron chi connectivity index (χ0n) is 12.1. The van der Waals surface area contributed by atoms with E-state index in [4.69, 9.17) is 18.9 Å². The summed E-state index contributed by atoms with van der Waals surface area (Å²) < 4.78 is 19.7. The number of hydrogen-bond acceptors (Lipinski definition) is 8. The number of hydrogen-bond donors (Lipinski definition) is 2. The van der Waals surface area contributed by atoms with E-state index in [0.29, 0.717) is 0 Å². The van der Waals surface area contributed by atoms with E-state index in [1.165, 1.54) is 27.9 Å². The van der Waals surface area contributed by atoms with Crippen molar-refractivity contribution in [3.05, 3.63) is 0 Å². The number of carbonyl (C=O) groups is 2. The summed E-state index contributed by atoms with van der Waals surface area (Å²) >= 11 is 0. The van der Waals surface area contributed by atoms with Gasteiger partial charge in [-0.25, -0.2) is 0 Å². The molecule has 0 saturated heterocycles. The first-order valence-electron chi connectivity index (χ1n) is 6.09. The van der Waals surface area contributed by atoms with Crippen molar-refractivity contribution >= 4 is 11.9 Å². The lowest BCUT2D eigenvalue weighted by Crippen LogP contribution is -2.44. The molecular formula is C12H22O8. The monoisotopic (exact) mass is 294 g/mol. The Morgan fingerprint density at radius 3 is 1.95 bits per heavy atom. The summed E-state index contributed by atoms with van der Waals surface area (Å²) in [5.41, 5.74) is 0. The maximum absolute atomic E-state index is 10.8. The summed E-state index contributed by atoms with van der Waals surface area (Å²) in [4.78, 5) is 21.5. The smallest absolute Gasteiger partial charge is 0.302 e. The molecule has 0 spiro atoms. The van der Waals surface area contributed by atoms with Crippen LogP contribution in [0.15, 0.2) is 0 Å². The molecule has 20 heavy (non-hydrogen) atoms. The van der Waals surface area contributed by atoms with Crippen LogP contribution in [0.2, 0.25) is 0 Å². The number of esters is 2. The van der Waals surface area contributed by atoms with Crippen LogP contribution in [0.25, 0.3) is 0 Å². The molecule has 0 aliphatic rings. The van der Waals surface area contributed by atoms with Gasteiger partial charge in [0.25, 0.3) is 0 Å². The summed E-state index contributed by atoms with van der Waals surface area (Å²) in [6.45, 7) is 3.35. The van der Waals surface area contributed by atoms with Gasteiger partial charge in [-0.15, -0.1) is 0 Å². The van der Waals surface area contributed by atoms with Gasteiger partial charge in [0, 0.05) is 21.0 Å². The highest BCUT2D eigenvalue weighted by atomic mass is 16.7. The highest BCUT2D eigenvalue weighted by molar-refractivity contribution is 5.66. The highest BCUT2D eigenvalue weighted by Gasteiger charge is 2.29. The summed E-state index contributed by atoms with van der Waals surface area (Å²) in [6, 6.07) is 0. The molecule has 0 aliphatic heterocycles. The van der Waals surface area contributed by atoms with Crippen LogP contribution in [0.4, 0.5) is 0 Å². The molecule has 4 atom stereocenters. The number of aliphatic hydroxyl groups is 2. The van der Waals surface area contributed by atoms with Crippen molar-refractivity contribution in [3.8, 4) is 0 Å². The van der Waals surface area contributed by atoms with Gasteiger partial charge in [0.1, 0.15) is 25.4 Å². The SMILES string of the molecule is CO[C@@H](COC(C)=O)OC(COC(C)=O)[C@@H](O)C(C)O. The van der Waals surface area contributed by atoms with Gasteiger partial charge in [-0.3, -0.25) is 9.59 Å². The number of rotatable bonds is 9. The van der Waals surface area contributed by atoms with Crippen molar-refractivity contribution in [3.63, 3.8) is 0 Å². The van der Waals surface area contributed by atoms with E-state index in [9.17, 15) is 19.8 Å². The fraction of sp³-hybridized carbons (Fsp3) is 0.833. The second-order valence-electron chi connectivity index (χ2n) is 4.18. The number of carbonyl (C=O) groups excluding carboxylic acids is 2. The van der Waals surface area contributed by atoms with Crippen LogP contribution in [0.1, 0.15) is 20.8 Å². The third kappa shape index (κ3) is 8.05. The molecule has 0 aromatic rings. The molecule has 0 amide bonds. The first-order chi connectivity index (χ1) is 9.27. The third-order valence-electron chi connectivity index (χ3n) is 2.34. The van der Waals surface area contributed by atoms with E-state index >= 15 is 0 Å². The first kappa shape index (κ1) is 18.8. The van der Waals surface area contributed by atoms with E-state index in [1.54, 1.807) is 0 Å². The second-order valence-corrected chi connectivity index (χ2v) is 4.18. The highest BCUT2D eigenvalue weighted by Crippen LogP contribution is 2.10. The molecule has 0 saturated carbocycles. The summed E-state index contributed by atoms with van der Waals surface area (Å²) in [5, 5.41) is 19.2. The second kappa shape index (κ2) is 9.65. The average Bonchev–Trinajstić information content (AvgIpc) is 2.36. The zero-order chi connectivity index (χ0) is 15.7. The summed E-state index contributed by atoms with van der Waals surface area (Å²) in [6.07, 6.45) is -4.35. The van der Waals surface area contributed by atoms with E-state index < -0.39 is 36.5 Å². The lowest BCUT2D eigenvalue weighted by atomic mass is 10.1. The van der Waals surface area contributed by atoms with Gasteiger partial charge in [0.05, 0.1) is 6.10 Å². The topological polar surface area (TPSA) is 112 Å². The van der Waals surface area contributed by atoms with Crippen LogP contribution < -0.4 is 0 Å². The predicted molar refractivity (Wildman–Crippen MR) is 66.6 cm³/mol. The lowest BCUT2D eigenvalue weighted by Gasteiger charge is -2.28. The van der Waals surface area contributed by atoms with Crippen molar-refractivity contribution in [2.24, 2.45) is 0 Å². The number of aliphatic hydroxyl groups excluding tert-OH is 2. The maximum Gasteiger partial charge on any atom is 0.302 e. The minimum Gasteiger partial charge on any atom is -0.463 e. The Morgan fingerprint density at radius 1 is 1.05 bits per heavy atom. The molecule has 0 aromatic heterocycles. The molecule has 0 fully saturated rings. The van der Waals surface area contributed by atoms with Gasteiger partial charge in [0.2, 0.25) is 0 Å². The van der Waals surface area contributed by atoms with E-state index in [2.05, 4.69) is 0 Å². The van der Waals surface area contributed by atoms with Gasteiger partial charge < -0.3 is 29.2 Å². The van der Waals surface area contributed by atoms with Crippen LogP contribution in [0.5, 0.6) is 0 Å². The van der Waals surface area contributed by atoms with Crippen LogP contribution in [0.3, 0.4) is 0 Å². The molecular weight excluding hydrogens is 272 g/mol. The van der Waals surface area contributed by atoms with E-state index in [-0.39, 0.29) is 13.2 Å². The van der Waals surface area contributed by atoms with Crippen molar-refractivity contribution in [2.45, 2.75) is 45.4 Å². The number of methoxy groups -OCH3 is 1. The Bertz CT molecular complexity index is 304. The average molecular weight is 294 g/mol. The van der Waals surface area contributed by atoms with Crippen LogP contribution in [0, 0.1) is 0 Å². The van der Waals surface area contributed by atoms with Gasteiger partial charge in [-0.05, 0) is 6.92 Å². The molecule has 2 N–H and O–H groups in total. The Kier molecular flexibility index (Phi) is 9.06. The van der Waals surface area contributed by atoms with Gasteiger partial charge >= 0.3 is 11.9 Å². The Morgan fingerprint density at radius 2 is 1.55 bits per heavy atom. The Labute approximate surface area is 117 Å². The Hall–Kier alpha value is -1.22. The molecule has 0 radical (unpaired) electrons. The minimum atomic E-state index is -1.29. The van der Waals surface area contributed by atoms with Crippen LogP contribution in [-0.4, -0.2) is 67.1 Å². The quantitative estimate of drug-likeness (QED) is 0.420. The molecule has 2 unspecified atom stereocenters. The summed E-state index contributed by atoms with van der Waals surface area (Å²) in [5.74, 6) is -1.06. The zero-order valence-corrected chi connectivity index (χ0v) is 12.1. The van der Waals surface area contributed by atoms with Crippen molar-refractivity contribution in [1.29, 1.82) is 0 Å². The first-order valence-corrected chi connectivity index (χ1v) is 6.09. The van der Waals surface area contributed by atoms with E-state index in [1.807, 2.05) is 0 Å². The fourth-order valence-corrected chi connectivity index (χ4v) is 1.27. The molecule has 8 nitrogen and oxygen atoms in total. The largest absolute Gasteiger partial charge is 0.463 e. The fourth-order valence-electron chi connectivity index (χ4n) is 1.27. The molecule has 0 aliphatic carbocycles. The van der Waals surface area contributed by atoms with Gasteiger partial charge in [-0.1, -0.05) is 0 Å².